The van der Waals surface area contributed by atoms with Crippen LogP contribution in [0.1, 0.15) is 12.0 Å². The third-order valence-corrected chi connectivity index (χ3v) is 7.14. The lowest BCUT2D eigenvalue weighted by Crippen LogP contribution is -2.50. The van der Waals surface area contributed by atoms with Crippen LogP contribution in [0.25, 0.3) is 0 Å². The molecule has 0 radical (unpaired) electrons. The minimum Gasteiger partial charge on any atom is -0.497 e. The number of benzene rings is 2. The molecule has 1 aliphatic rings. The number of carbonyl (C=O) groups excluding carboxylic acids is 1. The van der Waals surface area contributed by atoms with Crippen LogP contribution in [0.2, 0.25) is 5.02 Å². The first-order valence-electron chi connectivity index (χ1n) is 9.07. The predicted octanol–water partition coefficient (Wildman–Crippen LogP) is 2.81. The molecule has 0 saturated carbocycles. The molecule has 0 atom stereocenters. The fourth-order valence-corrected chi connectivity index (χ4v) is 4.83. The molecule has 2 aromatic carbocycles. The second-order valence-corrected chi connectivity index (χ2v) is 8.90. The number of ether oxygens (including phenoxy) is 1. The molecule has 150 valence electrons. The summed E-state index contributed by atoms with van der Waals surface area (Å²) in [6.45, 7) is 1.34. The van der Waals surface area contributed by atoms with Crippen LogP contribution < -0.4 is 4.74 Å². The van der Waals surface area contributed by atoms with E-state index in [0.29, 0.717) is 36.7 Å². The third kappa shape index (κ3) is 4.66. The Bertz CT molecular complexity index is 923. The molecule has 1 heterocycles. The van der Waals surface area contributed by atoms with Crippen molar-refractivity contribution in [3.05, 3.63) is 59.1 Å². The average molecular weight is 423 g/mol. The van der Waals surface area contributed by atoms with Gasteiger partial charge in [0.1, 0.15) is 5.75 Å². The van der Waals surface area contributed by atoms with Crippen LogP contribution in [-0.2, 0) is 21.2 Å². The van der Waals surface area contributed by atoms with Gasteiger partial charge in [-0.25, -0.2) is 8.42 Å². The first-order chi connectivity index (χ1) is 13.4. The summed E-state index contributed by atoms with van der Waals surface area (Å²) in [7, 11) is -2.04. The average Bonchev–Trinajstić information content (AvgIpc) is 2.73. The van der Waals surface area contributed by atoms with Gasteiger partial charge in [0.15, 0.2) is 0 Å². The maximum absolute atomic E-state index is 12.8. The molecule has 28 heavy (non-hydrogen) atoms. The number of amides is 1. The topological polar surface area (TPSA) is 66.9 Å². The van der Waals surface area contributed by atoms with E-state index in [1.165, 1.54) is 23.5 Å². The highest BCUT2D eigenvalue weighted by Gasteiger charge is 2.30. The first-order valence-corrected chi connectivity index (χ1v) is 10.9. The number of nitrogens with zero attached hydrogens (tertiary/aromatic N) is 2. The Morgan fingerprint density at radius 3 is 2.29 bits per heavy atom. The minimum absolute atomic E-state index is 0.0152. The molecular formula is C20H23ClN2O4S. The Morgan fingerprint density at radius 2 is 1.68 bits per heavy atom. The summed E-state index contributed by atoms with van der Waals surface area (Å²) in [6, 6.07) is 13.8. The van der Waals surface area contributed by atoms with Crippen molar-refractivity contribution in [1.29, 1.82) is 0 Å². The SMILES string of the molecule is COc1ccc(S(=O)(=O)N2CCN(C(=O)CCc3ccccc3Cl)CC2)cc1. The van der Waals surface area contributed by atoms with Gasteiger partial charge in [-0.1, -0.05) is 29.8 Å². The molecule has 0 unspecified atom stereocenters. The molecule has 2 aromatic rings. The first kappa shape index (κ1) is 20.6. The normalized spacial score (nSPS) is 15.4. The van der Waals surface area contributed by atoms with E-state index >= 15 is 0 Å². The molecule has 0 N–H and O–H groups in total. The molecule has 0 aliphatic carbocycles. The summed E-state index contributed by atoms with van der Waals surface area (Å²) in [5.41, 5.74) is 0.943. The predicted molar refractivity (Wildman–Crippen MR) is 108 cm³/mol. The number of hydrogen-bond acceptors (Lipinski definition) is 4. The smallest absolute Gasteiger partial charge is 0.243 e. The van der Waals surface area contributed by atoms with Crippen LogP contribution in [0, 0.1) is 0 Å². The van der Waals surface area contributed by atoms with Gasteiger partial charge in [-0.3, -0.25) is 4.79 Å². The number of sulfonamides is 1. The van der Waals surface area contributed by atoms with E-state index in [-0.39, 0.29) is 23.9 Å². The molecule has 0 spiro atoms. The Hall–Kier alpha value is -2.09. The van der Waals surface area contributed by atoms with Gasteiger partial charge >= 0.3 is 0 Å². The van der Waals surface area contributed by atoms with Crippen molar-refractivity contribution in [2.24, 2.45) is 0 Å². The van der Waals surface area contributed by atoms with Crippen molar-refractivity contribution < 1.29 is 17.9 Å². The Kier molecular flexibility index (Phi) is 6.59. The highest BCUT2D eigenvalue weighted by Crippen LogP contribution is 2.21. The molecule has 1 amide bonds. The Balaban J connectivity index is 1.55. The third-order valence-electron chi connectivity index (χ3n) is 4.85. The van der Waals surface area contributed by atoms with Crippen molar-refractivity contribution >= 4 is 27.5 Å². The molecule has 0 bridgehead atoms. The molecule has 1 fully saturated rings. The molecular weight excluding hydrogens is 400 g/mol. The summed E-state index contributed by atoms with van der Waals surface area (Å²) in [5.74, 6) is 0.620. The molecule has 1 aliphatic heterocycles. The zero-order chi connectivity index (χ0) is 20.1. The van der Waals surface area contributed by atoms with Gasteiger partial charge in [0.2, 0.25) is 15.9 Å². The van der Waals surface area contributed by atoms with E-state index < -0.39 is 10.0 Å². The van der Waals surface area contributed by atoms with E-state index in [2.05, 4.69) is 0 Å². The lowest BCUT2D eigenvalue weighted by Gasteiger charge is -2.34. The number of halogens is 1. The van der Waals surface area contributed by atoms with Gasteiger partial charge in [0.05, 0.1) is 12.0 Å². The molecule has 0 aromatic heterocycles. The number of rotatable bonds is 6. The second kappa shape index (κ2) is 8.94. The van der Waals surface area contributed by atoms with Gasteiger partial charge in [-0.15, -0.1) is 0 Å². The number of methoxy groups -OCH3 is 1. The summed E-state index contributed by atoms with van der Waals surface area (Å²) in [5, 5.41) is 0.658. The van der Waals surface area contributed by atoms with Crippen LogP contribution in [-0.4, -0.2) is 56.8 Å². The maximum atomic E-state index is 12.8. The van der Waals surface area contributed by atoms with Crippen LogP contribution in [0.5, 0.6) is 5.75 Å². The molecule has 8 heteroatoms. The van der Waals surface area contributed by atoms with Crippen molar-refractivity contribution in [3.8, 4) is 5.75 Å². The number of carbonyl (C=O) groups is 1. The van der Waals surface area contributed by atoms with Crippen molar-refractivity contribution in [2.45, 2.75) is 17.7 Å². The summed E-state index contributed by atoms with van der Waals surface area (Å²) in [4.78, 5) is 14.4. The summed E-state index contributed by atoms with van der Waals surface area (Å²) < 4.78 is 32.0. The fraction of sp³-hybridized carbons (Fsp3) is 0.350. The van der Waals surface area contributed by atoms with Gasteiger partial charge in [0.25, 0.3) is 0 Å². The van der Waals surface area contributed by atoms with Crippen molar-refractivity contribution in [2.75, 3.05) is 33.3 Å². The second-order valence-electron chi connectivity index (χ2n) is 6.55. The fourth-order valence-electron chi connectivity index (χ4n) is 3.18. The molecule has 3 rings (SSSR count). The highest BCUT2D eigenvalue weighted by atomic mass is 35.5. The van der Waals surface area contributed by atoms with Crippen LogP contribution in [0.3, 0.4) is 0 Å². The lowest BCUT2D eigenvalue weighted by atomic mass is 10.1. The molecule has 6 nitrogen and oxygen atoms in total. The summed E-state index contributed by atoms with van der Waals surface area (Å²) >= 11 is 6.13. The van der Waals surface area contributed by atoms with E-state index in [9.17, 15) is 13.2 Å². The standard InChI is InChI=1S/C20H23ClN2O4S/c1-27-17-7-9-18(10-8-17)28(25,26)23-14-12-22(13-15-23)20(24)11-6-16-4-2-3-5-19(16)21/h2-5,7-10H,6,11-15H2,1H3. The zero-order valence-electron chi connectivity index (χ0n) is 15.7. The lowest BCUT2D eigenvalue weighted by molar-refractivity contribution is -0.132. The largest absolute Gasteiger partial charge is 0.497 e. The number of hydrogen-bond donors (Lipinski definition) is 0. The Morgan fingerprint density at radius 1 is 1.04 bits per heavy atom. The van der Waals surface area contributed by atoms with E-state index in [4.69, 9.17) is 16.3 Å². The van der Waals surface area contributed by atoms with E-state index in [1.807, 2.05) is 24.3 Å². The van der Waals surface area contributed by atoms with Gasteiger partial charge in [-0.2, -0.15) is 4.31 Å². The monoisotopic (exact) mass is 422 g/mol. The van der Waals surface area contributed by atoms with Crippen LogP contribution in [0.15, 0.2) is 53.4 Å². The Labute approximate surface area is 170 Å². The maximum Gasteiger partial charge on any atom is 0.243 e. The highest BCUT2D eigenvalue weighted by molar-refractivity contribution is 7.89. The number of aryl methyl sites for hydroxylation is 1. The van der Waals surface area contributed by atoms with Gasteiger partial charge in [-0.05, 0) is 42.3 Å². The minimum atomic E-state index is -3.57. The zero-order valence-corrected chi connectivity index (χ0v) is 17.2. The molecule has 1 saturated heterocycles. The van der Waals surface area contributed by atoms with Crippen LogP contribution >= 0.6 is 11.6 Å². The van der Waals surface area contributed by atoms with Crippen molar-refractivity contribution in [1.82, 2.24) is 9.21 Å². The van der Waals surface area contributed by atoms with E-state index in [1.54, 1.807) is 17.0 Å². The summed E-state index contributed by atoms with van der Waals surface area (Å²) in [6.07, 6.45) is 0.928. The van der Waals surface area contributed by atoms with E-state index in [0.717, 1.165) is 5.56 Å². The number of piperazine rings is 1. The van der Waals surface area contributed by atoms with Crippen LogP contribution in [0.4, 0.5) is 0 Å². The van der Waals surface area contributed by atoms with Gasteiger partial charge < -0.3 is 9.64 Å². The van der Waals surface area contributed by atoms with Gasteiger partial charge in [0, 0.05) is 37.6 Å². The van der Waals surface area contributed by atoms with Crippen molar-refractivity contribution in [3.63, 3.8) is 0 Å². The quantitative estimate of drug-likeness (QED) is 0.717.